The quantitative estimate of drug-likeness (QED) is 0.583. The molecule has 2 aromatic carbocycles. The van der Waals surface area contributed by atoms with Gasteiger partial charge in [0.1, 0.15) is 23.9 Å². The molecule has 0 radical (unpaired) electrons. The third kappa shape index (κ3) is 5.44. The van der Waals surface area contributed by atoms with Crippen LogP contribution >= 0.6 is 0 Å². The van der Waals surface area contributed by atoms with E-state index in [4.69, 9.17) is 9.47 Å². The number of benzene rings is 2. The molecule has 0 fully saturated rings. The number of carbonyl (C=O) groups excluding carboxylic acids is 1. The van der Waals surface area contributed by atoms with Crippen LogP contribution in [0.3, 0.4) is 0 Å². The molecule has 0 aliphatic carbocycles. The van der Waals surface area contributed by atoms with Crippen molar-refractivity contribution in [3.05, 3.63) is 60.9 Å². The monoisotopic (exact) mass is 378 g/mol. The highest BCUT2D eigenvalue weighted by Crippen LogP contribution is 2.21. The first kappa shape index (κ1) is 19.2. The number of rotatable bonds is 8. The van der Waals surface area contributed by atoms with Crippen LogP contribution in [0.5, 0.6) is 11.5 Å². The second kappa shape index (κ2) is 9.36. The van der Waals surface area contributed by atoms with Crippen LogP contribution in [0.2, 0.25) is 0 Å². The molecule has 3 aromatic rings. The van der Waals surface area contributed by atoms with Gasteiger partial charge in [-0.3, -0.25) is 9.78 Å². The molecule has 0 atom stereocenters. The summed E-state index contributed by atoms with van der Waals surface area (Å²) in [5.41, 5.74) is 2.31. The lowest BCUT2D eigenvalue weighted by molar-refractivity contribution is -0.114. The Bertz CT molecular complexity index is 929. The van der Waals surface area contributed by atoms with Crippen molar-refractivity contribution in [1.29, 1.82) is 0 Å². The highest BCUT2D eigenvalue weighted by Gasteiger charge is 2.04. The first-order chi connectivity index (χ1) is 13.6. The molecule has 144 valence electrons. The Morgan fingerprint density at radius 1 is 1.07 bits per heavy atom. The van der Waals surface area contributed by atoms with E-state index in [0.29, 0.717) is 24.7 Å². The summed E-state index contributed by atoms with van der Waals surface area (Å²) in [6.45, 7) is 2.54. The largest absolute Gasteiger partial charge is 0.497 e. The van der Waals surface area contributed by atoms with Crippen LogP contribution in [0.15, 0.2) is 60.9 Å². The summed E-state index contributed by atoms with van der Waals surface area (Å²) in [6.07, 6.45) is 3.35. The summed E-state index contributed by atoms with van der Waals surface area (Å²) in [6, 6.07) is 14.9. The highest BCUT2D eigenvalue weighted by atomic mass is 16.5. The molecule has 0 saturated carbocycles. The first-order valence-corrected chi connectivity index (χ1v) is 8.85. The Labute approximate surface area is 163 Å². The number of anilines is 2. The van der Waals surface area contributed by atoms with E-state index in [2.05, 4.69) is 20.6 Å². The fourth-order valence-electron chi connectivity index (χ4n) is 2.57. The number of carbonyl (C=O) groups is 1. The molecule has 1 heterocycles. The molecule has 28 heavy (non-hydrogen) atoms. The van der Waals surface area contributed by atoms with Crippen molar-refractivity contribution in [2.75, 3.05) is 30.9 Å². The van der Waals surface area contributed by atoms with Crippen LogP contribution in [0.25, 0.3) is 11.3 Å². The molecular formula is C21H22N4O3. The molecular weight excluding hydrogens is 356 g/mol. The van der Waals surface area contributed by atoms with E-state index in [-0.39, 0.29) is 5.91 Å². The summed E-state index contributed by atoms with van der Waals surface area (Å²) in [5.74, 6) is 2.11. The minimum Gasteiger partial charge on any atom is -0.497 e. The standard InChI is InChI=1S/C21H22N4O3/c1-15(26)24-17-5-3-4-16(12-17)20-13-22-14-21(25-20)23-10-11-28-19-8-6-18(27-2)7-9-19/h3-9,12-14H,10-11H2,1-2H3,(H,23,25)(H,24,26). The number of ether oxygens (including phenoxy) is 2. The molecule has 0 spiro atoms. The van der Waals surface area contributed by atoms with E-state index < -0.39 is 0 Å². The summed E-state index contributed by atoms with van der Waals surface area (Å²) < 4.78 is 10.8. The predicted octanol–water partition coefficient (Wildman–Crippen LogP) is 3.60. The van der Waals surface area contributed by atoms with Crippen molar-refractivity contribution in [1.82, 2.24) is 9.97 Å². The zero-order valence-electron chi connectivity index (χ0n) is 15.8. The summed E-state index contributed by atoms with van der Waals surface area (Å²) in [7, 11) is 1.63. The summed E-state index contributed by atoms with van der Waals surface area (Å²) in [4.78, 5) is 20.0. The van der Waals surface area contributed by atoms with Crippen LogP contribution in [-0.2, 0) is 4.79 Å². The molecule has 0 bridgehead atoms. The van der Waals surface area contributed by atoms with Gasteiger partial charge < -0.3 is 20.1 Å². The Morgan fingerprint density at radius 2 is 1.86 bits per heavy atom. The molecule has 1 amide bonds. The van der Waals surface area contributed by atoms with Gasteiger partial charge in [0.25, 0.3) is 0 Å². The van der Waals surface area contributed by atoms with Gasteiger partial charge in [-0.15, -0.1) is 0 Å². The Hall–Kier alpha value is -3.61. The maximum atomic E-state index is 11.2. The third-order valence-corrected chi connectivity index (χ3v) is 3.85. The van der Waals surface area contributed by atoms with Crippen molar-refractivity contribution in [2.45, 2.75) is 6.92 Å². The maximum absolute atomic E-state index is 11.2. The van der Waals surface area contributed by atoms with Crippen LogP contribution < -0.4 is 20.1 Å². The van der Waals surface area contributed by atoms with Gasteiger partial charge in [0.05, 0.1) is 31.7 Å². The van der Waals surface area contributed by atoms with Crippen molar-refractivity contribution in [3.63, 3.8) is 0 Å². The lowest BCUT2D eigenvalue weighted by atomic mass is 10.1. The van der Waals surface area contributed by atoms with Crippen LogP contribution in [0.4, 0.5) is 11.5 Å². The van der Waals surface area contributed by atoms with Crippen molar-refractivity contribution in [3.8, 4) is 22.8 Å². The molecule has 0 aliphatic rings. The Morgan fingerprint density at radius 3 is 2.61 bits per heavy atom. The number of nitrogens with one attached hydrogen (secondary N) is 2. The van der Waals surface area contributed by atoms with Gasteiger partial charge in [0.2, 0.25) is 5.91 Å². The third-order valence-electron chi connectivity index (χ3n) is 3.85. The number of hydrogen-bond donors (Lipinski definition) is 2. The van der Waals surface area contributed by atoms with E-state index in [9.17, 15) is 4.79 Å². The van der Waals surface area contributed by atoms with Gasteiger partial charge in [-0.1, -0.05) is 12.1 Å². The van der Waals surface area contributed by atoms with E-state index in [1.54, 1.807) is 19.5 Å². The maximum Gasteiger partial charge on any atom is 0.221 e. The lowest BCUT2D eigenvalue weighted by Gasteiger charge is -2.10. The van der Waals surface area contributed by atoms with Gasteiger partial charge >= 0.3 is 0 Å². The first-order valence-electron chi connectivity index (χ1n) is 8.85. The molecule has 3 rings (SSSR count). The fraction of sp³-hybridized carbons (Fsp3) is 0.190. The Balaban J connectivity index is 1.56. The number of aromatic nitrogens is 2. The van der Waals surface area contributed by atoms with Crippen LogP contribution in [-0.4, -0.2) is 36.1 Å². The van der Waals surface area contributed by atoms with Crippen molar-refractivity contribution < 1.29 is 14.3 Å². The Kier molecular flexibility index (Phi) is 6.41. The van der Waals surface area contributed by atoms with Gasteiger partial charge in [0.15, 0.2) is 0 Å². The minimum absolute atomic E-state index is 0.115. The van der Waals surface area contributed by atoms with E-state index >= 15 is 0 Å². The molecule has 7 heteroatoms. The van der Waals surface area contributed by atoms with Gasteiger partial charge in [-0.2, -0.15) is 0 Å². The molecule has 2 N–H and O–H groups in total. The lowest BCUT2D eigenvalue weighted by Crippen LogP contribution is -2.12. The molecule has 7 nitrogen and oxygen atoms in total. The summed E-state index contributed by atoms with van der Waals surface area (Å²) >= 11 is 0. The fourth-order valence-corrected chi connectivity index (χ4v) is 2.57. The van der Waals surface area contributed by atoms with Gasteiger partial charge in [-0.05, 0) is 36.4 Å². The number of hydrogen-bond acceptors (Lipinski definition) is 6. The van der Waals surface area contributed by atoms with Crippen LogP contribution in [0, 0.1) is 0 Å². The van der Waals surface area contributed by atoms with Crippen molar-refractivity contribution in [2.24, 2.45) is 0 Å². The smallest absolute Gasteiger partial charge is 0.221 e. The average Bonchev–Trinajstić information content (AvgIpc) is 2.72. The highest BCUT2D eigenvalue weighted by molar-refractivity contribution is 5.89. The van der Waals surface area contributed by atoms with E-state index in [1.165, 1.54) is 6.92 Å². The van der Waals surface area contributed by atoms with Gasteiger partial charge in [0, 0.05) is 18.2 Å². The van der Waals surface area contributed by atoms with Crippen molar-refractivity contribution >= 4 is 17.4 Å². The second-order valence-corrected chi connectivity index (χ2v) is 6.00. The van der Waals surface area contributed by atoms with E-state index in [1.807, 2.05) is 48.5 Å². The molecule has 1 aromatic heterocycles. The van der Waals surface area contributed by atoms with Gasteiger partial charge in [-0.25, -0.2) is 4.98 Å². The average molecular weight is 378 g/mol. The van der Waals surface area contributed by atoms with Crippen LogP contribution in [0.1, 0.15) is 6.92 Å². The zero-order chi connectivity index (χ0) is 19.8. The second-order valence-electron chi connectivity index (χ2n) is 6.00. The predicted molar refractivity (Wildman–Crippen MR) is 109 cm³/mol. The minimum atomic E-state index is -0.115. The number of methoxy groups -OCH3 is 1. The molecule has 0 unspecified atom stereocenters. The topological polar surface area (TPSA) is 85.4 Å². The normalized spacial score (nSPS) is 10.2. The SMILES string of the molecule is COc1ccc(OCCNc2cncc(-c3cccc(NC(C)=O)c3)n2)cc1. The molecule has 0 saturated heterocycles. The molecule has 0 aliphatic heterocycles. The zero-order valence-corrected chi connectivity index (χ0v) is 15.8. The van der Waals surface area contributed by atoms with E-state index in [0.717, 1.165) is 22.7 Å². The number of amides is 1. The number of nitrogens with zero attached hydrogens (tertiary/aromatic N) is 2. The summed E-state index contributed by atoms with van der Waals surface area (Å²) in [5, 5.41) is 5.97.